The first-order valence-corrected chi connectivity index (χ1v) is 8.76. The van der Waals surface area contributed by atoms with E-state index >= 15 is 0 Å². The van der Waals surface area contributed by atoms with E-state index in [1.807, 2.05) is 41.1 Å². The lowest BCUT2D eigenvalue weighted by Gasteiger charge is -2.09. The normalized spacial score (nSPS) is 11.1. The van der Waals surface area contributed by atoms with Gasteiger partial charge in [0.25, 0.3) is 0 Å². The van der Waals surface area contributed by atoms with Crippen LogP contribution in [-0.4, -0.2) is 14.5 Å². The van der Waals surface area contributed by atoms with Crippen molar-refractivity contribution < 1.29 is 4.39 Å². The van der Waals surface area contributed by atoms with Crippen molar-refractivity contribution in [1.29, 1.82) is 0 Å². The first kappa shape index (κ1) is 16.0. The molecule has 0 unspecified atom stereocenters. The third kappa shape index (κ3) is 3.61. The summed E-state index contributed by atoms with van der Waals surface area (Å²) < 4.78 is 16.3. The minimum Gasteiger partial charge on any atom is -0.330 e. The highest BCUT2D eigenvalue weighted by Gasteiger charge is 2.08. The number of aromatic nitrogens is 3. The molecule has 0 fully saturated rings. The van der Waals surface area contributed by atoms with Gasteiger partial charge in [-0.1, -0.05) is 40.2 Å². The lowest BCUT2D eigenvalue weighted by molar-refractivity contribution is 0.621. The lowest BCUT2D eigenvalue weighted by atomic mass is 10.1. The lowest BCUT2D eigenvalue weighted by Crippen LogP contribution is -2.06. The Balaban J connectivity index is 1.60. The molecule has 4 rings (SSSR count). The van der Waals surface area contributed by atoms with Crippen LogP contribution in [0.15, 0.2) is 71.5 Å². The van der Waals surface area contributed by atoms with Gasteiger partial charge in [-0.2, -0.15) is 0 Å². The van der Waals surface area contributed by atoms with Crippen LogP contribution in [0.3, 0.4) is 0 Å². The number of para-hydroxylation sites is 1. The van der Waals surface area contributed by atoms with Gasteiger partial charge in [-0.25, -0.2) is 9.37 Å². The number of imidazole rings is 1. The van der Waals surface area contributed by atoms with Crippen LogP contribution in [0.25, 0.3) is 10.9 Å². The van der Waals surface area contributed by atoms with E-state index in [-0.39, 0.29) is 5.82 Å². The van der Waals surface area contributed by atoms with Crippen molar-refractivity contribution in [2.24, 2.45) is 0 Å². The van der Waals surface area contributed by atoms with E-state index < -0.39 is 0 Å². The summed E-state index contributed by atoms with van der Waals surface area (Å²) in [5.74, 6) is 0.658. The molecule has 2 aromatic heterocycles. The van der Waals surface area contributed by atoms with Crippen molar-refractivity contribution in [2.45, 2.75) is 13.0 Å². The molecule has 124 valence electrons. The second-order valence-corrected chi connectivity index (χ2v) is 6.84. The van der Waals surface area contributed by atoms with Crippen molar-refractivity contribution in [3.05, 3.63) is 94.4 Å². The van der Waals surface area contributed by atoms with E-state index in [2.05, 4.69) is 33.0 Å². The van der Waals surface area contributed by atoms with Gasteiger partial charge in [-0.05, 0) is 35.9 Å². The molecule has 0 aliphatic carbocycles. The summed E-state index contributed by atoms with van der Waals surface area (Å²) in [5, 5.41) is 1.12. The number of halogens is 2. The van der Waals surface area contributed by atoms with Crippen LogP contribution in [0.1, 0.15) is 17.1 Å². The van der Waals surface area contributed by atoms with Gasteiger partial charge in [0.2, 0.25) is 0 Å². The fraction of sp³-hybridized carbons (Fsp3) is 0.100. The molecule has 3 nitrogen and oxygen atoms in total. The highest BCUT2D eigenvalue weighted by molar-refractivity contribution is 9.10. The molecule has 2 heterocycles. The van der Waals surface area contributed by atoms with Crippen LogP contribution in [-0.2, 0) is 13.0 Å². The molecule has 0 saturated heterocycles. The quantitative estimate of drug-likeness (QED) is 0.488. The number of hydrogen-bond donors (Lipinski definition) is 0. The van der Waals surface area contributed by atoms with E-state index in [1.54, 1.807) is 12.3 Å². The third-order valence-electron chi connectivity index (χ3n) is 4.07. The molecule has 0 atom stereocenters. The maximum atomic E-state index is 13.6. The zero-order valence-electron chi connectivity index (χ0n) is 13.4. The minimum absolute atomic E-state index is 0.248. The second-order valence-electron chi connectivity index (χ2n) is 5.92. The number of nitrogens with zero attached hydrogens (tertiary/aromatic N) is 3. The third-order valence-corrected chi connectivity index (χ3v) is 4.53. The van der Waals surface area contributed by atoms with Crippen LogP contribution >= 0.6 is 15.9 Å². The summed E-state index contributed by atoms with van der Waals surface area (Å²) in [5.41, 5.74) is 2.83. The second kappa shape index (κ2) is 6.76. The predicted octanol–water partition coefficient (Wildman–Crippen LogP) is 4.97. The summed E-state index contributed by atoms with van der Waals surface area (Å²) in [6.07, 6.45) is 4.31. The summed E-state index contributed by atoms with van der Waals surface area (Å²) >= 11 is 3.34. The van der Waals surface area contributed by atoms with Gasteiger partial charge in [0.1, 0.15) is 11.6 Å². The number of benzene rings is 2. The topological polar surface area (TPSA) is 30.7 Å². The maximum absolute atomic E-state index is 13.6. The van der Waals surface area contributed by atoms with Gasteiger partial charge in [0.05, 0.1) is 5.52 Å². The van der Waals surface area contributed by atoms with Crippen molar-refractivity contribution in [2.75, 3.05) is 0 Å². The van der Waals surface area contributed by atoms with Gasteiger partial charge >= 0.3 is 0 Å². The smallest absolute Gasteiger partial charge is 0.124 e. The highest BCUT2D eigenvalue weighted by atomic mass is 79.9. The van der Waals surface area contributed by atoms with Crippen LogP contribution in [0.2, 0.25) is 0 Å². The molecule has 0 N–H and O–H groups in total. The van der Waals surface area contributed by atoms with Gasteiger partial charge in [0, 0.05) is 40.9 Å². The molecule has 4 aromatic rings. The fourth-order valence-corrected chi connectivity index (χ4v) is 3.43. The monoisotopic (exact) mass is 395 g/mol. The zero-order chi connectivity index (χ0) is 17.2. The summed E-state index contributed by atoms with van der Waals surface area (Å²) in [6.45, 7) is 0.569. The van der Waals surface area contributed by atoms with Gasteiger partial charge < -0.3 is 4.57 Å². The highest BCUT2D eigenvalue weighted by Crippen LogP contribution is 2.18. The molecule has 0 amide bonds. The van der Waals surface area contributed by atoms with Crippen LogP contribution in [0.4, 0.5) is 4.39 Å². The first-order chi connectivity index (χ1) is 12.2. The van der Waals surface area contributed by atoms with Crippen LogP contribution in [0, 0.1) is 5.82 Å². The molecular formula is C20H15BrFN3. The predicted molar refractivity (Wildman–Crippen MR) is 100.0 cm³/mol. The van der Waals surface area contributed by atoms with Gasteiger partial charge in [-0.15, -0.1) is 0 Å². The standard InChI is InChI=1S/C20H15BrFN3/c21-16-9-14(10-17(22)11-16)13-25-8-7-23-20(25)12-18-6-5-15-3-1-2-4-19(15)24-18/h1-11H,12-13H2. The Morgan fingerprint density at radius 2 is 1.92 bits per heavy atom. The van der Waals surface area contributed by atoms with Crippen LogP contribution < -0.4 is 0 Å². The fourth-order valence-electron chi connectivity index (χ4n) is 2.92. The number of fused-ring (bicyclic) bond motifs is 1. The van der Waals surface area contributed by atoms with E-state index in [0.717, 1.165) is 32.5 Å². The largest absolute Gasteiger partial charge is 0.330 e. The zero-order valence-corrected chi connectivity index (χ0v) is 14.9. The summed E-state index contributed by atoms with van der Waals surface area (Å²) in [7, 11) is 0. The van der Waals surface area contributed by atoms with Crippen molar-refractivity contribution >= 4 is 26.8 Å². The van der Waals surface area contributed by atoms with Crippen LogP contribution in [0.5, 0.6) is 0 Å². The Bertz CT molecular complexity index is 1020. The molecule has 0 saturated carbocycles. The Morgan fingerprint density at radius 1 is 1.04 bits per heavy atom. The maximum Gasteiger partial charge on any atom is 0.124 e. The average molecular weight is 396 g/mol. The number of rotatable bonds is 4. The van der Waals surface area contributed by atoms with E-state index in [4.69, 9.17) is 4.98 Å². The van der Waals surface area contributed by atoms with E-state index in [9.17, 15) is 4.39 Å². The van der Waals surface area contributed by atoms with Gasteiger partial charge in [-0.3, -0.25) is 4.98 Å². The Morgan fingerprint density at radius 3 is 2.80 bits per heavy atom. The Hall–Kier alpha value is -2.53. The summed E-state index contributed by atoms with van der Waals surface area (Å²) in [6, 6.07) is 17.1. The Kier molecular flexibility index (Phi) is 4.32. The first-order valence-electron chi connectivity index (χ1n) is 7.97. The summed E-state index contributed by atoms with van der Waals surface area (Å²) in [4.78, 5) is 9.16. The molecule has 0 radical (unpaired) electrons. The van der Waals surface area contributed by atoms with E-state index in [0.29, 0.717) is 13.0 Å². The molecule has 2 aromatic carbocycles. The Labute approximate surface area is 153 Å². The molecule has 0 bridgehead atoms. The molecule has 0 aliphatic heterocycles. The molecule has 0 aliphatic rings. The molecule has 25 heavy (non-hydrogen) atoms. The molecule has 5 heteroatoms. The van der Waals surface area contributed by atoms with Crippen molar-refractivity contribution in [3.8, 4) is 0 Å². The number of hydrogen-bond acceptors (Lipinski definition) is 2. The average Bonchev–Trinajstić information content (AvgIpc) is 3.00. The van der Waals surface area contributed by atoms with E-state index in [1.165, 1.54) is 6.07 Å². The molecular weight excluding hydrogens is 381 g/mol. The van der Waals surface area contributed by atoms with Crippen molar-refractivity contribution in [1.82, 2.24) is 14.5 Å². The minimum atomic E-state index is -0.248. The van der Waals surface area contributed by atoms with Crippen molar-refractivity contribution in [3.63, 3.8) is 0 Å². The SMILES string of the molecule is Fc1cc(Br)cc(Cn2ccnc2Cc2ccc3ccccc3n2)c1. The molecule has 0 spiro atoms. The number of pyridine rings is 1. The van der Waals surface area contributed by atoms with Gasteiger partial charge in [0.15, 0.2) is 0 Å².